The van der Waals surface area contributed by atoms with E-state index in [9.17, 15) is 10.2 Å². The van der Waals surface area contributed by atoms with Crippen LogP contribution in [-0.4, -0.2) is 40.3 Å². The molecule has 1 saturated carbocycles. The van der Waals surface area contributed by atoms with Gasteiger partial charge in [-0.1, -0.05) is 54.9 Å². The summed E-state index contributed by atoms with van der Waals surface area (Å²) in [5.41, 5.74) is 2.72. The van der Waals surface area contributed by atoms with Crippen LogP contribution in [0.25, 0.3) is 18.2 Å². The second-order valence-corrected chi connectivity index (χ2v) is 9.85. The Morgan fingerprint density at radius 1 is 1.00 bits per heavy atom. The van der Waals surface area contributed by atoms with Gasteiger partial charge in [-0.15, -0.1) is 0 Å². The number of phenols is 2. The second-order valence-electron chi connectivity index (χ2n) is 8.86. The van der Waals surface area contributed by atoms with Gasteiger partial charge in [-0.25, -0.2) is 4.68 Å². The number of hydrogen-bond acceptors (Lipinski definition) is 7. The highest BCUT2D eigenvalue weighted by molar-refractivity contribution is 7.09. The van der Waals surface area contributed by atoms with E-state index in [1.165, 1.54) is 33.5 Å². The Kier molecular flexibility index (Phi) is 8.48. The van der Waals surface area contributed by atoms with Gasteiger partial charge in [0, 0.05) is 7.05 Å². The van der Waals surface area contributed by atoms with Gasteiger partial charge >= 0.3 is 0 Å². The molecule has 8 heteroatoms. The summed E-state index contributed by atoms with van der Waals surface area (Å²) >= 11 is 1.57. The number of nitrogens with zero attached hydrogens (tertiary/aromatic N) is 3. The van der Waals surface area contributed by atoms with Gasteiger partial charge in [-0.2, -0.15) is 5.10 Å². The normalized spacial score (nSPS) is 15.2. The van der Waals surface area contributed by atoms with E-state index < -0.39 is 0 Å². The zero-order valence-corrected chi connectivity index (χ0v) is 21.8. The summed E-state index contributed by atoms with van der Waals surface area (Å²) in [5, 5.41) is 25.9. The smallest absolute Gasteiger partial charge is 0.203 e. The van der Waals surface area contributed by atoms with Gasteiger partial charge in [-0.3, -0.25) is 4.99 Å². The van der Waals surface area contributed by atoms with Crippen molar-refractivity contribution >= 4 is 29.6 Å². The molecule has 1 aliphatic rings. The predicted octanol–water partition coefficient (Wildman–Crippen LogP) is 5.57. The Morgan fingerprint density at radius 2 is 1.75 bits per heavy atom. The summed E-state index contributed by atoms with van der Waals surface area (Å²) in [5.74, 6) is 1.04. The standard InChI is InChI=1S/C28H33N3O4S/c1-31-28(29-22-10-5-4-6-11-22)36-27(30-31)15-13-21-17-24(33)26(35-3)18-20(21)9-7-8-19-12-14-25(34-2)23(32)16-19/h7-8,12-18,22,32-33H,4-6,9-11H2,1-3H3/b8-7+,15-13?,29-28-. The zero-order chi connectivity index (χ0) is 25.5. The van der Waals surface area contributed by atoms with Gasteiger partial charge in [0.25, 0.3) is 0 Å². The molecule has 3 aromatic rings. The first kappa shape index (κ1) is 25.6. The van der Waals surface area contributed by atoms with Crippen molar-refractivity contribution in [3.05, 3.63) is 62.9 Å². The van der Waals surface area contributed by atoms with Crippen LogP contribution < -0.4 is 14.3 Å². The van der Waals surface area contributed by atoms with Crippen molar-refractivity contribution in [1.29, 1.82) is 0 Å². The number of phenolic OH excluding ortho intramolecular Hbond substituents is 2. The molecule has 0 bridgehead atoms. The third-order valence-corrected chi connectivity index (χ3v) is 7.27. The molecule has 4 rings (SSSR count). The molecule has 36 heavy (non-hydrogen) atoms. The van der Waals surface area contributed by atoms with E-state index in [0.717, 1.165) is 39.3 Å². The van der Waals surface area contributed by atoms with Crippen LogP contribution in [0.5, 0.6) is 23.0 Å². The van der Waals surface area contributed by atoms with Crippen molar-refractivity contribution in [1.82, 2.24) is 9.78 Å². The number of rotatable bonds is 8. The first-order valence-corrected chi connectivity index (χ1v) is 13.0. The van der Waals surface area contributed by atoms with Gasteiger partial charge in [0.05, 0.1) is 20.3 Å². The number of aromatic hydroxyl groups is 2. The van der Waals surface area contributed by atoms with Crippen LogP contribution >= 0.6 is 11.3 Å². The van der Waals surface area contributed by atoms with Gasteiger partial charge < -0.3 is 19.7 Å². The third kappa shape index (κ3) is 6.37. The van der Waals surface area contributed by atoms with Gasteiger partial charge in [0.1, 0.15) is 5.01 Å². The van der Waals surface area contributed by atoms with Crippen molar-refractivity contribution < 1.29 is 19.7 Å². The number of aryl methyl sites for hydroxylation is 1. The van der Waals surface area contributed by atoms with Crippen molar-refractivity contribution in [3.8, 4) is 23.0 Å². The van der Waals surface area contributed by atoms with E-state index >= 15 is 0 Å². The molecule has 190 valence electrons. The fourth-order valence-corrected chi connectivity index (χ4v) is 5.19. The van der Waals surface area contributed by atoms with E-state index in [1.807, 2.05) is 48.2 Å². The Bertz CT molecular complexity index is 1320. The van der Waals surface area contributed by atoms with Crippen LogP contribution in [0.15, 0.2) is 41.4 Å². The van der Waals surface area contributed by atoms with E-state index in [-0.39, 0.29) is 11.5 Å². The Morgan fingerprint density at radius 3 is 2.47 bits per heavy atom. The van der Waals surface area contributed by atoms with Crippen molar-refractivity contribution in [2.45, 2.75) is 44.6 Å². The molecule has 0 atom stereocenters. The number of aromatic nitrogens is 2. The quantitative estimate of drug-likeness (QED) is 0.416. The molecule has 0 saturated heterocycles. The Balaban J connectivity index is 1.55. The minimum Gasteiger partial charge on any atom is -0.504 e. The number of hydrogen-bond donors (Lipinski definition) is 2. The molecule has 0 aliphatic heterocycles. The molecule has 0 amide bonds. The van der Waals surface area contributed by atoms with Crippen LogP contribution in [-0.2, 0) is 13.5 Å². The monoisotopic (exact) mass is 507 g/mol. The molecule has 2 aromatic carbocycles. The lowest BCUT2D eigenvalue weighted by Crippen LogP contribution is -2.18. The Labute approximate surface area is 215 Å². The number of allylic oxidation sites excluding steroid dienone is 1. The minimum atomic E-state index is 0.0858. The molecule has 1 aliphatic carbocycles. The predicted molar refractivity (Wildman–Crippen MR) is 145 cm³/mol. The van der Waals surface area contributed by atoms with Gasteiger partial charge in [-0.05, 0) is 66.3 Å². The highest BCUT2D eigenvalue weighted by Gasteiger charge is 2.13. The first-order chi connectivity index (χ1) is 17.5. The van der Waals surface area contributed by atoms with E-state index in [2.05, 4.69) is 5.10 Å². The maximum Gasteiger partial charge on any atom is 0.203 e. The number of methoxy groups -OCH3 is 2. The molecule has 0 radical (unpaired) electrons. The average molecular weight is 508 g/mol. The summed E-state index contributed by atoms with van der Waals surface area (Å²) in [6, 6.07) is 9.22. The SMILES string of the molecule is COc1ccc(/C=C/Cc2cc(OC)c(O)cc2C=Cc2nn(C)/c(=N/C3CCCCC3)s2)cc1O. The molecule has 1 heterocycles. The van der Waals surface area contributed by atoms with Crippen LogP contribution in [0.1, 0.15) is 53.8 Å². The third-order valence-electron chi connectivity index (χ3n) is 6.29. The lowest BCUT2D eigenvalue weighted by atomic mass is 9.96. The molecular weight excluding hydrogens is 474 g/mol. The molecule has 0 unspecified atom stereocenters. The molecule has 1 fully saturated rings. The fraction of sp³-hybridized carbons (Fsp3) is 0.357. The molecular formula is C28H33N3O4S. The van der Waals surface area contributed by atoms with E-state index in [4.69, 9.17) is 14.5 Å². The maximum absolute atomic E-state index is 10.4. The molecule has 0 spiro atoms. The average Bonchev–Trinajstić information content (AvgIpc) is 3.23. The van der Waals surface area contributed by atoms with Crippen molar-refractivity contribution in [2.24, 2.45) is 12.0 Å². The van der Waals surface area contributed by atoms with Gasteiger partial charge in [0.2, 0.25) is 4.80 Å². The van der Waals surface area contributed by atoms with Crippen LogP contribution in [0.2, 0.25) is 0 Å². The lowest BCUT2D eigenvalue weighted by molar-refractivity contribution is 0.373. The van der Waals surface area contributed by atoms with Crippen molar-refractivity contribution in [2.75, 3.05) is 14.2 Å². The van der Waals surface area contributed by atoms with Gasteiger partial charge in [0.15, 0.2) is 23.0 Å². The fourth-order valence-electron chi connectivity index (χ4n) is 4.33. The van der Waals surface area contributed by atoms with E-state index in [1.54, 1.807) is 29.5 Å². The lowest BCUT2D eigenvalue weighted by Gasteiger charge is -2.16. The second kappa shape index (κ2) is 11.9. The highest BCUT2D eigenvalue weighted by atomic mass is 32.1. The highest BCUT2D eigenvalue weighted by Crippen LogP contribution is 2.31. The first-order valence-electron chi connectivity index (χ1n) is 12.2. The minimum absolute atomic E-state index is 0.0858. The Hall–Kier alpha value is -3.52. The zero-order valence-electron chi connectivity index (χ0n) is 21.0. The molecule has 7 nitrogen and oxygen atoms in total. The summed E-state index contributed by atoms with van der Waals surface area (Å²) in [4.78, 5) is 5.86. The summed E-state index contributed by atoms with van der Waals surface area (Å²) in [7, 11) is 5.00. The topological polar surface area (TPSA) is 89.1 Å². The van der Waals surface area contributed by atoms with Crippen LogP contribution in [0.3, 0.4) is 0 Å². The molecule has 1 aromatic heterocycles. The van der Waals surface area contributed by atoms with E-state index in [0.29, 0.717) is 24.0 Å². The van der Waals surface area contributed by atoms with Crippen LogP contribution in [0.4, 0.5) is 0 Å². The molecule has 2 N–H and O–H groups in total. The largest absolute Gasteiger partial charge is 0.504 e. The number of ether oxygens (including phenoxy) is 2. The van der Waals surface area contributed by atoms with Crippen molar-refractivity contribution in [3.63, 3.8) is 0 Å². The number of benzene rings is 2. The maximum atomic E-state index is 10.4. The summed E-state index contributed by atoms with van der Waals surface area (Å²) in [6.45, 7) is 0. The summed E-state index contributed by atoms with van der Waals surface area (Å²) < 4.78 is 12.3. The van der Waals surface area contributed by atoms with Crippen LogP contribution in [0, 0.1) is 0 Å². The summed E-state index contributed by atoms with van der Waals surface area (Å²) in [6.07, 6.45) is 14.6.